The van der Waals surface area contributed by atoms with Crippen molar-refractivity contribution in [2.75, 3.05) is 32.4 Å². The summed E-state index contributed by atoms with van der Waals surface area (Å²) in [5, 5.41) is 0. The zero-order valence-electron chi connectivity index (χ0n) is 11.5. The molecule has 7 heteroatoms. The minimum absolute atomic E-state index is 0.00401. The highest BCUT2D eigenvalue weighted by atomic mass is 32.2. The molecule has 0 saturated carbocycles. The van der Waals surface area contributed by atoms with Crippen LogP contribution in [0, 0.1) is 11.7 Å². The van der Waals surface area contributed by atoms with Crippen molar-refractivity contribution >= 4 is 15.7 Å². The summed E-state index contributed by atoms with van der Waals surface area (Å²) in [6.45, 7) is 2.37. The molecular weight excluding hydrogens is 281 g/mol. The number of benzene rings is 1. The molecule has 1 fully saturated rings. The Labute approximate surface area is 119 Å². The maximum absolute atomic E-state index is 13.1. The first kappa shape index (κ1) is 15.2. The standard InChI is InChI=1S/C13H20FN3O2S/c1-17-6-4-10(5-7-17)9-16-20(18,19)11-2-3-12(14)13(15)8-11/h2-3,8,10,16H,4-7,9,15H2,1H3. The molecule has 3 N–H and O–H groups in total. The van der Waals surface area contributed by atoms with E-state index in [0.29, 0.717) is 12.5 Å². The summed E-state index contributed by atoms with van der Waals surface area (Å²) >= 11 is 0. The minimum Gasteiger partial charge on any atom is -0.396 e. The van der Waals surface area contributed by atoms with Crippen LogP contribution in [0.5, 0.6) is 0 Å². The molecule has 2 rings (SSSR count). The second kappa shape index (κ2) is 6.07. The molecular formula is C13H20FN3O2S. The number of nitrogen functional groups attached to an aromatic ring is 1. The van der Waals surface area contributed by atoms with E-state index in [9.17, 15) is 12.8 Å². The lowest BCUT2D eigenvalue weighted by Crippen LogP contribution is -2.36. The third-order valence-corrected chi connectivity index (χ3v) is 5.10. The third-order valence-electron chi connectivity index (χ3n) is 3.68. The molecule has 0 amide bonds. The van der Waals surface area contributed by atoms with Gasteiger partial charge in [-0.05, 0) is 57.1 Å². The summed E-state index contributed by atoms with van der Waals surface area (Å²) in [4.78, 5) is 2.23. The molecule has 112 valence electrons. The summed E-state index contributed by atoms with van der Waals surface area (Å²) in [7, 11) is -1.57. The van der Waals surface area contributed by atoms with Gasteiger partial charge < -0.3 is 10.6 Å². The highest BCUT2D eigenvalue weighted by Gasteiger charge is 2.20. The maximum Gasteiger partial charge on any atom is 0.240 e. The monoisotopic (exact) mass is 301 g/mol. The Balaban J connectivity index is 1.98. The second-order valence-corrected chi connectivity index (χ2v) is 7.05. The van der Waals surface area contributed by atoms with Crippen LogP contribution in [0.1, 0.15) is 12.8 Å². The minimum atomic E-state index is -3.62. The van der Waals surface area contributed by atoms with Gasteiger partial charge in [0.2, 0.25) is 10.0 Å². The molecule has 1 saturated heterocycles. The van der Waals surface area contributed by atoms with Crippen molar-refractivity contribution in [3.8, 4) is 0 Å². The van der Waals surface area contributed by atoms with E-state index in [1.807, 2.05) is 0 Å². The first-order valence-electron chi connectivity index (χ1n) is 6.62. The van der Waals surface area contributed by atoms with E-state index in [1.54, 1.807) is 0 Å². The smallest absolute Gasteiger partial charge is 0.240 e. The molecule has 0 aliphatic carbocycles. The van der Waals surface area contributed by atoms with Gasteiger partial charge in [0.1, 0.15) is 5.82 Å². The molecule has 0 bridgehead atoms. The van der Waals surface area contributed by atoms with Crippen molar-refractivity contribution in [3.63, 3.8) is 0 Å². The van der Waals surface area contributed by atoms with Crippen LogP contribution in [0.4, 0.5) is 10.1 Å². The Morgan fingerprint density at radius 1 is 1.40 bits per heavy atom. The quantitative estimate of drug-likeness (QED) is 0.815. The largest absolute Gasteiger partial charge is 0.396 e. The van der Waals surface area contributed by atoms with Crippen molar-refractivity contribution in [3.05, 3.63) is 24.0 Å². The Morgan fingerprint density at radius 2 is 2.05 bits per heavy atom. The zero-order valence-corrected chi connectivity index (χ0v) is 12.3. The predicted molar refractivity (Wildman–Crippen MR) is 76.2 cm³/mol. The van der Waals surface area contributed by atoms with Gasteiger partial charge in [-0.25, -0.2) is 17.5 Å². The Hall–Kier alpha value is -1.18. The Kier molecular flexibility index (Phi) is 4.62. The first-order valence-corrected chi connectivity index (χ1v) is 8.10. The molecule has 1 aromatic rings. The summed E-state index contributed by atoms with van der Waals surface area (Å²) in [6.07, 6.45) is 1.95. The zero-order chi connectivity index (χ0) is 14.8. The number of sulfonamides is 1. The van der Waals surface area contributed by atoms with Gasteiger partial charge in [-0.3, -0.25) is 0 Å². The maximum atomic E-state index is 13.1. The van der Waals surface area contributed by atoms with Gasteiger partial charge >= 0.3 is 0 Å². The van der Waals surface area contributed by atoms with E-state index in [0.717, 1.165) is 38.1 Å². The number of nitrogens with two attached hydrogens (primary N) is 1. The molecule has 0 spiro atoms. The van der Waals surface area contributed by atoms with Crippen molar-refractivity contribution < 1.29 is 12.8 Å². The van der Waals surface area contributed by atoms with Crippen LogP contribution in [0.15, 0.2) is 23.1 Å². The number of likely N-dealkylation sites (tertiary alicyclic amines) is 1. The Bertz CT molecular complexity index is 569. The van der Waals surface area contributed by atoms with Crippen molar-refractivity contribution in [1.82, 2.24) is 9.62 Å². The molecule has 1 aliphatic heterocycles. The fraction of sp³-hybridized carbons (Fsp3) is 0.538. The number of hydrogen-bond donors (Lipinski definition) is 2. The molecule has 0 radical (unpaired) electrons. The number of halogens is 1. The molecule has 0 atom stereocenters. The van der Waals surface area contributed by atoms with Gasteiger partial charge in [-0.2, -0.15) is 0 Å². The van der Waals surface area contributed by atoms with Crippen molar-refractivity contribution in [2.45, 2.75) is 17.7 Å². The van der Waals surface area contributed by atoms with Crippen LogP contribution >= 0.6 is 0 Å². The van der Waals surface area contributed by atoms with Gasteiger partial charge in [0.25, 0.3) is 0 Å². The molecule has 1 aromatic carbocycles. The average Bonchev–Trinajstić information content (AvgIpc) is 2.41. The molecule has 1 aliphatic rings. The lowest BCUT2D eigenvalue weighted by molar-refractivity contribution is 0.220. The normalized spacial score (nSPS) is 18.3. The highest BCUT2D eigenvalue weighted by molar-refractivity contribution is 7.89. The van der Waals surface area contributed by atoms with E-state index in [-0.39, 0.29) is 10.6 Å². The van der Waals surface area contributed by atoms with Crippen LogP contribution < -0.4 is 10.5 Å². The van der Waals surface area contributed by atoms with E-state index in [2.05, 4.69) is 16.7 Å². The van der Waals surface area contributed by atoms with Crippen LogP contribution in [-0.4, -0.2) is 40.0 Å². The topological polar surface area (TPSA) is 75.4 Å². The fourth-order valence-corrected chi connectivity index (χ4v) is 3.42. The van der Waals surface area contributed by atoms with E-state index in [4.69, 9.17) is 5.73 Å². The van der Waals surface area contributed by atoms with Crippen LogP contribution in [0.25, 0.3) is 0 Å². The van der Waals surface area contributed by atoms with Gasteiger partial charge in [-0.15, -0.1) is 0 Å². The van der Waals surface area contributed by atoms with Crippen molar-refractivity contribution in [1.29, 1.82) is 0 Å². The summed E-state index contributed by atoms with van der Waals surface area (Å²) in [5.74, 6) is -0.266. The van der Waals surface area contributed by atoms with Crippen molar-refractivity contribution in [2.24, 2.45) is 5.92 Å². The SMILES string of the molecule is CN1CCC(CNS(=O)(=O)c2ccc(F)c(N)c2)CC1. The van der Waals surface area contributed by atoms with Crippen LogP contribution in [0.3, 0.4) is 0 Å². The number of piperidine rings is 1. The Morgan fingerprint density at radius 3 is 2.65 bits per heavy atom. The average molecular weight is 301 g/mol. The third kappa shape index (κ3) is 3.68. The van der Waals surface area contributed by atoms with Crippen LogP contribution in [0.2, 0.25) is 0 Å². The van der Waals surface area contributed by atoms with Gasteiger partial charge in [-0.1, -0.05) is 0 Å². The number of nitrogens with zero attached hydrogens (tertiary/aromatic N) is 1. The second-order valence-electron chi connectivity index (χ2n) is 5.28. The van der Waals surface area contributed by atoms with E-state index < -0.39 is 15.8 Å². The molecule has 0 unspecified atom stereocenters. The number of rotatable bonds is 4. The lowest BCUT2D eigenvalue weighted by atomic mass is 9.98. The molecule has 20 heavy (non-hydrogen) atoms. The number of anilines is 1. The van der Waals surface area contributed by atoms with Gasteiger partial charge in [0.05, 0.1) is 10.6 Å². The van der Waals surface area contributed by atoms with Gasteiger partial charge in [0, 0.05) is 6.54 Å². The van der Waals surface area contributed by atoms with E-state index in [1.165, 1.54) is 6.07 Å². The molecule has 1 heterocycles. The summed E-state index contributed by atoms with van der Waals surface area (Å²) in [6, 6.07) is 3.44. The highest BCUT2D eigenvalue weighted by Crippen LogP contribution is 2.18. The molecule has 5 nitrogen and oxygen atoms in total. The van der Waals surface area contributed by atoms with E-state index >= 15 is 0 Å². The summed E-state index contributed by atoms with van der Waals surface area (Å²) < 4.78 is 39.8. The van der Waals surface area contributed by atoms with Gasteiger partial charge in [0.15, 0.2) is 0 Å². The van der Waals surface area contributed by atoms with Crippen LogP contribution in [-0.2, 0) is 10.0 Å². The fourth-order valence-electron chi connectivity index (χ4n) is 2.27. The lowest BCUT2D eigenvalue weighted by Gasteiger charge is -2.28. The summed E-state index contributed by atoms with van der Waals surface area (Å²) in [5.41, 5.74) is 5.24. The predicted octanol–water partition coefficient (Wildman–Crippen LogP) is 1.03. The number of nitrogens with one attached hydrogen (secondary N) is 1. The molecule has 0 aromatic heterocycles. The first-order chi connectivity index (χ1) is 9.38. The number of hydrogen-bond acceptors (Lipinski definition) is 4.